The minimum Gasteiger partial charge on any atom is -0.481 e. The number of carbonyl (C=O) groups excluding carboxylic acids is 1. The number of fused-ring (bicyclic) bond motifs is 1. The van der Waals surface area contributed by atoms with Crippen molar-refractivity contribution in [1.82, 2.24) is 10.3 Å². The van der Waals surface area contributed by atoms with E-state index in [4.69, 9.17) is 0 Å². The number of carbonyl (C=O) groups is 2. The summed E-state index contributed by atoms with van der Waals surface area (Å²) in [5.41, 5.74) is 0.180. The number of aliphatic carboxylic acids is 1. The number of urea groups is 1. The third-order valence-corrected chi connectivity index (χ3v) is 5.28. The number of aromatic nitrogens is 1. The Kier molecular flexibility index (Phi) is 4.82. The van der Waals surface area contributed by atoms with E-state index >= 15 is 0 Å². The molecule has 1 aliphatic carbocycles. The molecule has 0 unspecified atom stereocenters. The molecule has 0 spiro atoms. The van der Waals surface area contributed by atoms with Crippen LogP contribution in [0.2, 0.25) is 0 Å². The monoisotopic (exact) mass is 311 g/mol. The fourth-order valence-electron chi connectivity index (χ4n) is 2.51. The van der Waals surface area contributed by atoms with Crippen molar-refractivity contribution in [2.75, 3.05) is 11.9 Å². The van der Waals surface area contributed by atoms with E-state index in [0.29, 0.717) is 18.0 Å². The number of nitrogens with zero attached hydrogens (tertiary/aromatic N) is 1. The van der Waals surface area contributed by atoms with Crippen molar-refractivity contribution in [2.45, 2.75) is 46.0 Å². The average Bonchev–Trinajstić information content (AvgIpc) is 3.01. The Hall–Kier alpha value is -1.63. The molecule has 0 saturated heterocycles. The highest BCUT2D eigenvalue weighted by Gasteiger charge is 2.35. The van der Waals surface area contributed by atoms with Gasteiger partial charge in [0.2, 0.25) is 0 Å². The third kappa shape index (κ3) is 3.34. The van der Waals surface area contributed by atoms with Crippen LogP contribution in [0.15, 0.2) is 0 Å². The van der Waals surface area contributed by atoms with Crippen LogP contribution in [0.1, 0.15) is 43.7 Å². The van der Waals surface area contributed by atoms with Crippen LogP contribution in [0.4, 0.5) is 9.93 Å². The van der Waals surface area contributed by atoms with Crippen LogP contribution in [0, 0.1) is 5.41 Å². The fourth-order valence-corrected chi connectivity index (χ4v) is 3.56. The standard InChI is InChI=1S/C14H21N3O3S/c1-3-14(4-2,11(18)19)8-15-12(20)17-13-16-9-6-5-7-10(9)21-13/h3-8H2,1-2H3,(H,18,19)(H2,15,16,17,20). The topological polar surface area (TPSA) is 91.3 Å². The van der Waals surface area contributed by atoms with Gasteiger partial charge < -0.3 is 10.4 Å². The van der Waals surface area contributed by atoms with Crippen LogP contribution >= 0.6 is 11.3 Å². The number of carboxylic acid groups (broad SMARTS) is 1. The second-order valence-corrected chi connectivity index (χ2v) is 6.43. The van der Waals surface area contributed by atoms with E-state index in [1.54, 1.807) is 0 Å². The van der Waals surface area contributed by atoms with Crippen molar-refractivity contribution in [2.24, 2.45) is 5.41 Å². The molecule has 2 amide bonds. The summed E-state index contributed by atoms with van der Waals surface area (Å²) in [6.07, 6.45) is 4.09. The summed E-state index contributed by atoms with van der Waals surface area (Å²) < 4.78 is 0. The highest BCUT2D eigenvalue weighted by molar-refractivity contribution is 7.15. The molecule has 7 heteroatoms. The highest BCUT2D eigenvalue weighted by Crippen LogP contribution is 2.30. The van der Waals surface area contributed by atoms with E-state index in [1.807, 2.05) is 13.8 Å². The van der Waals surface area contributed by atoms with Crippen molar-refractivity contribution in [3.63, 3.8) is 0 Å². The van der Waals surface area contributed by atoms with Crippen LogP contribution in [-0.4, -0.2) is 28.6 Å². The minimum atomic E-state index is -0.901. The largest absolute Gasteiger partial charge is 0.481 e. The van der Waals surface area contributed by atoms with Gasteiger partial charge in [0.15, 0.2) is 5.13 Å². The van der Waals surface area contributed by atoms with E-state index in [-0.39, 0.29) is 6.54 Å². The molecule has 0 aromatic carbocycles. The second-order valence-electron chi connectivity index (χ2n) is 5.34. The molecule has 0 bridgehead atoms. The van der Waals surface area contributed by atoms with Crippen molar-refractivity contribution in [3.8, 4) is 0 Å². The molecule has 2 rings (SSSR count). The maximum Gasteiger partial charge on any atom is 0.321 e. The molecule has 6 nitrogen and oxygen atoms in total. The van der Waals surface area contributed by atoms with Crippen LogP contribution in [-0.2, 0) is 17.6 Å². The van der Waals surface area contributed by atoms with Gasteiger partial charge in [0.1, 0.15) is 0 Å². The van der Waals surface area contributed by atoms with Crippen LogP contribution in [0.5, 0.6) is 0 Å². The van der Waals surface area contributed by atoms with Crippen LogP contribution in [0.25, 0.3) is 0 Å². The predicted molar refractivity (Wildman–Crippen MR) is 81.8 cm³/mol. The van der Waals surface area contributed by atoms with E-state index in [9.17, 15) is 14.7 Å². The number of rotatable bonds is 6. The zero-order valence-electron chi connectivity index (χ0n) is 12.4. The Morgan fingerprint density at radius 2 is 2.05 bits per heavy atom. The van der Waals surface area contributed by atoms with Crippen molar-refractivity contribution in [3.05, 3.63) is 10.6 Å². The number of nitrogens with one attached hydrogen (secondary N) is 2. The predicted octanol–water partition coefficient (Wildman–Crippen LogP) is 2.64. The average molecular weight is 311 g/mol. The van der Waals surface area contributed by atoms with Gasteiger partial charge in [0.05, 0.1) is 11.1 Å². The normalized spacial score (nSPS) is 13.8. The maximum atomic E-state index is 11.9. The lowest BCUT2D eigenvalue weighted by molar-refractivity contribution is -0.149. The van der Waals surface area contributed by atoms with Gasteiger partial charge in [-0.3, -0.25) is 10.1 Å². The summed E-state index contributed by atoms with van der Waals surface area (Å²) in [5.74, 6) is -0.874. The van der Waals surface area contributed by atoms with Gasteiger partial charge in [-0.25, -0.2) is 9.78 Å². The SMILES string of the molecule is CCC(CC)(CNC(=O)Nc1nc2c(s1)CCC2)C(=O)O. The number of anilines is 1. The molecule has 1 heterocycles. The first-order valence-corrected chi connectivity index (χ1v) is 8.09. The summed E-state index contributed by atoms with van der Waals surface area (Å²) in [6.45, 7) is 3.76. The molecule has 0 radical (unpaired) electrons. The Labute approximate surface area is 128 Å². The number of hydrogen-bond acceptors (Lipinski definition) is 4. The first kappa shape index (κ1) is 15.8. The van der Waals surface area contributed by atoms with Crippen molar-refractivity contribution >= 4 is 28.5 Å². The van der Waals surface area contributed by atoms with E-state index in [0.717, 1.165) is 25.0 Å². The molecular formula is C14H21N3O3S. The lowest BCUT2D eigenvalue weighted by atomic mass is 9.82. The lowest BCUT2D eigenvalue weighted by Crippen LogP contribution is -2.43. The molecule has 1 aliphatic rings. The van der Waals surface area contributed by atoms with Crippen molar-refractivity contribution in [1.29, 1.82) is 0 Å². The lowest BCUT2D eigenvalue weighted by Gasteiger charge is -2.26. The van der Waals surface area contributed by atoms with Gasteiger partial charge in [0.25, 0.3) is 0 Å². The summed E-state index contributed by atoms with van der Waals surface area (Å²) in [4.78, 5) is 28.9. The molecule has 0 fully saturated rings. The number of aryl methyl sites for hydroxylation is 2. The number of hydrogen-bond donors (Lipinski definition) is 3. The molecular weight excluding hydrogens is 290 g/mol. The first-order valence-electron chi connectivity index (χ1n) is 7.27. The Bertz CT molecular complexity index is 516. The van der Waals surface area contributed by atoms with Gasteiger partial charge >= 0.3 is 12.0 Å². The maximum absolute atomic E-state index is 11.9. The highest BCUT2D eigenvalue weighted by atomic mass is 32.1. The smallest absolute Gasteiger partial charge is 0.321 e. The Balaban J connectivity index is 1.90. The van der Waals surface area contributed by atoms with Crippen molar-refractivity contribution < 1.29 is 14.7 Å². The van der Waals surface area contributed by atoms with Gasteiger partial charge in [-0.1, -0.05) is 13.8 Å². The van der Waals surface area contributed by atoms with Gasteiger partial charge in [-0.05, 0) is 32.1 Å². The molecule has 21 heavy (non-hydrogen) atoms. The molecule has 116 valence electrons. The summed E-state index contributed by atoms with van der Waals surface area (Å²) >= 11 is 1.50. The summed E-state index contributed by atoms with van der Waals surface area (Å²) in [6, 6.07) is -0.394. The van der Waals surface area contributed by atoms with Gasteiger partial charge in [-0.2, -0.15) is 0 Å². The number of amides is 2. The zero-order chi connectivity index (χ0) is 15.5. The minimum absolute atomic E-state index is 0.117. The second kappa shape index (κ2) is 6.43. The first-order chi connectivity index (χ1) is 10.0. The zero-order valence-corrected chi connectivity index (χ0v) is 13.2. The fraction of sp³-hybridized carbons (Fsp3) is 0.643. The van der Waals surface area contributed by atoms with Gasteiger partial charge in [0, 0.05) is 11.4 Å². The molecule has 1 aromatic heterocycles. The molecule has 0 atom stereocenters. The summed E-state index contributed by atoms with van der Waals surface area (Å²) in [5, 5.41) is 15.3. The van der Waals surface area contributed by atoms with Gasteiger partial charge in [-0.15, -0.1) is 11.3 Å². The molecule has 1 aromatic rings. The van der Waals surface area contributed by atoms with E-state index < -0.39 is 17.4 Å². The third-order valence-electron chi connectivity index (χ3n) is 4.21. The number of carboxylic acids is 1. The van der Waals surface area contributed by atoms with E-state index in [1.165, 1.54) is 16.2 Å². The molecule has 0 saturated carbocycles. The van der Waals surface area contributed by atoms with Crippen LogP contribution < -0.4 is 10.6 Å². The Morgan fingerprint density at radius 3 is 2.62 bits per heavy atom. The van der Waals surface area contributed by atoms with E-state index in [2.05, 4.69) is 15.6 Å². The molecule has 0 aliphatic heterocycles. The quantitative estimate of drug-likeness (QED) is 0.753. The Morgan fingerprint density at radius 1 is 1.33 bits per heavy atom. The number of thiazole rings is 1. The van der Waals surface area contributed by atoms with Crippen LogP contribution in [0.3, 0.4) is 0 Å². The summed E-state index contributed by atoms with van der Waals surface area (Å²) in [7, 11) is 0. The molecule has 3 N–H and O–H groups in total.